The zero-order valence-corrected chi connectivity index (χ0v) is 17.4. The van der Waals surface area contributed by atoms with Gasteiger partial charge in [0.2, 0.25) is 0 Å². The fourth-order valence-electron chi connectivity index (χ4n) is 3.13. The molecule has 0 radical (unpaired) electrons. The second-order valence-electron chi connectivity index (χ2n) is 6.47. The van der Waals surface area contributed by atoms with E-state index in [0.717, 1.165) is 54.7 Å². The summed E-state index contributed by atoms with van der Waals surface area (Å²) in [4.78, 5) is 13.4. The van der Waals surface area contributed by atoms with E-state index in [1.54, 1.807) is 0 Å². The molecule has 7 heteroatoms. The lowest BCUT2D eigenvalue weighted by Crippen LogP contribution is -2.40. The molecule has 1 saturated heterocycles. The van der Waals surface area contributed by atoms with E-state index < -0.39 is 0 Å². The van der Waals surface area contributed by atoms with Crippen molar-refractivity contribution < 1.29 is 4.74 Å². The van der Waals surface area contributed by atoms with Crippen LogP contribution < -0.4 is 10.2 Å². The number of halogens is 1. The second-order valence-corrected chi connectivity index (χ2v) is 7.38. The summed E-state index contributed by atoms with van der Waals surface area (Å²) in [5, 5.41) is 3.47. The Balaban J connectivity index is 1.63. The maximum Gasteiger partial charge on any atom is 0.193 e. The van der Waals surface area contributed by atoms with Crippen LogP contribution >= 0.6 is 15.9 Å². The summed E-state index contributed by atoms with van der Waals surface area (Å²) in [7, 11) is 3.86. The average Bonchev–Trinajstić information content (AvgIpc) is 2.71. The highest BCUT2D eigenvalue weighted by Gasteiger charge is 2.16. The first-order valence-electron chi connectivity index (χ1n) is 9.10. The molecule has 0 atom stereocenters. The molecule has 1 fully saturated rings. The normalized spacial score (nSPS) is 14.9. The molecule has 1 aromatic carbocycles. The third kappa shape index (κ3) is 5.43. The lowest BCUT2D eigenvalue weighted by atomic mass is 10.2. The number of aliphatic imine (C=N–C) groups is 1. The number of benzene rings is 1. The molecule has 2 aromatic rings. The number of nitrogens with one attached hydrogen (secondary N) is 1. The van der Waals surface area contributed by atoms with Crippen LogP contribution in [-0.4, -0.2) is 56.2 Å². The van der Waals surface area contributed by atoms with E-state index in [2.05, 4.69) is 71.4 Å². The number of rotatable bonds is 5. The highest BCUT2D eigenvalue weighted by molar-refractivity contribution is 9.10. The van der Waals surface area contributed by atoms with Crippen molar-refractivity contribution in [1.29, 1.82) is 0 Å². The minimum absolute atomic E-state index is 0.678. The van der Waals surface area contributed by atoms with Crippen molar-refractivity contribution in [3.8, 4) is 0 Å². The van der Waals surface area contributed by atoms with Crippen LogP contribution in [0.5, 0.6) is 0 Å². The van der Waals surface area contributed by atoms with Gasteiger partial charge in [-0.25, -0.2) is 4.98 Å². The van der Waals surface area contributed by atoms with Crippen molar-refractivity contribution in [2.45, 2.75) is 13.1 Å². The second kappa shape index (κ2) is 9.71. The van der Waals surface area contributed by atoms with Crippen LogP contribution in [-0.2, 0) is 17.8 Å². The van der Waals surface area contributed by atoms with Gasteiger partial charge in [-0.05, 0) is 23.8 Å². The Bertz CT molecular complexity index is 759. The molecule has 0 spiro atoms. The van der Waals surface area contributed by atoms with E-state index in [-0.39, 0.29) is 0 Å². The van der Waals surface area contributed by atoms with Gasteiger partial charge in [-0.15, -0.1) is 0 Å². The van der Waals surface area contributed by atoms with Crippen LogP contribution in [0.25, 0.3) is 0 Å². The molecule has 6 nitrogen and oxygen atoms in total. The first-order chi connectivity index (χ1) is 13.2. The summed E-state index contributed by atoms with van der Waals surface area (Å²) in [6, 6.07) is 12.5. The van der Waals surface area contributed by atoms with Gasteiger partial charge in [0.25, 0.3) is 0 Å². The quantitative estimate of drug-likeness (QED) is 0.582. The zero-order chi connectivity index (χ0) is 19.1. The number of guanidine groups is 1. The van der Waals surface area contributed by atoms with Gasteiger partial charge in [-0.2, -0.15) is 0 Å². The van der Waals surface area contributed by atoms with E-state index in [1.807, 2.05) is 26.4 Å². The zero-order valence-electron chi connectivity index (χ0n) is 15.9. The third-order valence-corrected chi connectivity index (χ3v) is 5.05. The van der Waals surface area contributed by atoms with Gasteiger partial charge >= 0.3 is 0 Å². The van der Waals surface area contributed by atoms with E-state index in [9.17, 15) is 0 Å². The Hall–Kier alpha value is -2.12. The predicted octanol–water partition coefficient (Wildman–Crippen LogP) is 2.89. The van der Waals surface area contributed by atoms with Crippen LogP contribution in [0.1, 0.15) is 11.1 Å². The Morgan fingerprint density at radius 1 is 1.26 bits per heavy atom. The molecule has 27 heavy (non-hydrogen) atoms. The molecule has 2 heterocycles. The highest BCUT2D eigenvalue weighted by Crippen LogP contribution is 2.18. The van der Waals surface area contributed by atoms with E-state index >= 15 is 0 Å². The van der Waals surface area contributed by atoms with Gasteiger partial charge in [0.05, 0.1) is 13.2 Å². The topological polar surface area (TPSA) is 53.0 Å². The number of hydrogen-bond donors (Lipinski definition) is 1. The standard InChI is InChI=1S/C20H26BrN5O/c1-22-20(25(2)15-16-5-7-18(21)8-6-16)24-14-17-4-3-9-23-19(17)26-10-12-27-13-11-26/h3-9H,10-15H2,1-2H3,(H,22,24). The number of ether oxygens (including phenoxy) is 1. The van der Waals surface area contributed by atoms with Gasteiger partial charge in [0, 0.05) is 56.5 Å². The molecule has 3 rings (SSSR count). The molecule has 0 bridgehead atoms. The first kappa shape index (κ1) is 19.6. The minimum atomic E-state index is 0.678. The first-order valence-corrected chi connectivity index (χ1v) is 9.89. The molecule has 0 unspecified atom stereocenters. The van der Waals surface area contributed by atoms with Gasteiger partial charge in [-0.3, -0.25) is 4.99 Å². The Labute approximate surface area is 169 Å². The number of hydrogen-bond acceptors (Lipinski definition) is 4. The van der Waals surface area contributed by atoms with Crippen LogP contribution in [0.2, 0.25) is 0 Å². The van der Waals surface area contributed by atoms with Gasteiger partial charge < -0.3 is 19.9 Å². The molecule has 0 aliphatic carbocycles. The molecule has 1 N–H and O–H groups in total. The summed E-state index contributed by atoms with van der Waals surface area (Å²) < 4.78 is 6.54. The van der Waals surface area contributed by atoms with Crippen LogP contribution in [0.15, 0.2) is 52.1 Å². The lowest BCUT2D eigenvalue weighted by molar-refractivity contribution is 0.122. The molecule has 1 aromatic heterocycles. The Kier molecular flexibility index (Phi) is 7.06. The highest BCUT2D eigenvalue weighted by atomic mass is 79.9. The fraction of sp³-hybridized carbons (Fsp3) is 0.400. The number of nitrogens with zero attached hydrogens (tertiary/aromatic N) is 4. The van der Waals surface area contributed by atoms with Crippen molar-refractivity contribution in [2.75, 3.05) is 45.3 Å². The minimum Gasteiger partial charge on any atom is -0.378 e. The number of anilines is 1. The summed E-state index contributed by atoms with van der Waals surface area (Å²) in [5.74, 6) is 1.88. The predicted molar refractivity (Wildman–Crippen MR) is 113 cm³/mol. The lowest BCUT2D eigenvalue weighted by Gasteiger charge is -2.30. The van der Waals surface area contributed by atoms with E-state index in [0.29, 0.717) is 6.54 Å². The molecule has 144 valence electrons. The SMILES string of the molecule is CN=C(NCc1cccnc1N1CCOCC1)N(C)Cc1ccc(Br)cc1. The molecular weight excluding hydrogens is 406 g/mol. The van der Waals surface area contributed by atoms with E-state index in [4.69, 9.17) is 4.74 Å². The summed E-state index contributed by atoms with van der Waals surface area (Å²) >= 11 is 3.48. The molecule has 0 saturated carbocycles. The molecule has 1 aliphatic rings. The van der Waals surface area contributed by atoms with Crippen molar-refractivity contribution >= 4 is 27.7 Å². The van der Waals surface area contributed by atoms with Crippen LogP contribution in [0, 0.1) is 0 Å². The van der Waals surface area contributed by atoms with Gasteiger partial charge in [0.1, 0.15) is 5.82 Å². The average molecular weight is 432 g/mol. The van der Waals surface area contributed by atoms with Crippen molar-refractivity contribution in [3.63, 3.8) is 0 Å². The maximum absolute atomic E-state index is 5.46. The van der Waals surface area contributed by atoms with Gasteiger partial charge in [-0.1, -0.05) is 34.1 Å². The van der Waals surface area contributed by atoms with Crippen LogP contribution in [0.4, 0.5) is 5.82 Å². The number of aromatic nitrogens is 1. The number of morpholine rings is 1. The van der Waals surface area contributed by atoms with Crippen molar-refractivity contribution in [1.82, 2.24) is 15.2 Å². The van der Waals surface area contributed by atoms with E-state index in [1.165, 1.54) is 5.56 Å². The van der Waals surface area contributed by atoms with Crippen molar-refractivity contribution in [2.24, 2.45) is 4.99 Å². The number of pyridine rings is 1. The van der Waals surface area contributed by atoms with Crippen LogP contribution in [0.3, 0.4) is 0 Å². The molecular formula is C20H26BrN5O. The molecule has 1 aliphatic heterocycles. The molecule has 0 amide bonds. The summed E-state index contributed by atoms with van der Waals surface area (Å²) in [5.41, 5.74) is 2.40. The summed E-state index contributed by atoms with van der Waals surface area (Å²) in [6.45, 7) is 4.72. The third-order valence-electron chi connectivity index (χ3n) is 4.52. The maximum atomic E-state index is 5.46. The monoisotopic (exact) mass is 431 g/mol. The fourth-order valence-corrected chi connectivity index (χ4v) is 3.39. The smallest absolute Gasteiger partial charge is 0.193 e. The Morgan fingerprint density at radius 3 is 2.70 bits per heavy atom. The Morgan fingerprint density at radius 2 is 2.00 bits per heavy atom. The van der Waals surface area contributed by atoms with Crippen molar-refractivity contribution in [3.05, 3.63) is 58.2 Å². The largest absolute Gasteiger partial charge is 0.378 e. The van der Waals surface area contributed by atoms with Gasteiger partial charge in [0.15, 0.2) is 5.96 Å². The summed E-state index contributed by atoms with van der Waals surface area (Å²) in [6.07, 6.45) is 1.85.